The lowest BCUT2D eigenvalue weighted by Crippen LogP contribution is -2.48. The first-order chi connectivity index (χ1) is 13.4. The third kappa shape index (κ3) is 3.83. The van der Waals surface area contributed by atoms with Crippen LogP contribution in [0.1, 0.15) is 22.2 Å². The third-order valence-corrected chi connectivity index (χ3v) is 4.33. The van der Waals surface area contributed by atoms with E-state index in [0.29, 0.717) is 24.8 Å². The summed E-state index contributed by atoms with van der Waals surface area (Å²) < 4.78 is 45.7. The molecule has 1 aromatic heterocycles. The summed E-state index contributed by atoms with van der Waals surface area (Å²) >= 11 is 0. The highest BCUT2D eigenvalue weighted by molar-refractivity contribution is 5.95. The van der Waals surface area contributed by atoms with Gasteiger partial charge in [0.05, 0.1) is 5.92 Å². The van der Waals surface area contributed by atoms with Gasteiger partial charge >= 0.3 is 6.36 Å². The number of alkyl halides is 3. The molecule has 3 aromatic rings. The Bertz CT molecular complexity index is 965. The molecule has 0 radical (unpaired) electrons. The number of likely N-dealkylation sites (tertiary alicyclic amines) is 1. The molecule has 0 unspecified atom stereocenters. The van der Waals surface area contributed by atoms with Crippen LogP contribution in [0, 0.1) is 0 Å². The number of nitrogens with zero attached hydrogens (tertiary/aromatic N) is 3. The standard InChI is InChI=1S/C19H14F3N3O3/c20-19(21,22)27-15-8-6-13(7-9-15)18(26)25-10-14(11-25)17-23-16(24-28-17)12-4-2-1-3-5-12/h1-9,14H,10-11H2. The Morgan fingerprint density at radius 3 is 2.39 bits per heavy atom. The Morgan fingerprint density at radius 2 is 1.75 bits per heavy atom. The van der Waals surface area contributed by atoms with Gasteiger partial charge in [0, 0.05) is 24.2 Å². The first-order valence-corrected chi connectivity index (χ1v) is 8.43. The van der Waals surface area contributed by atoms with Gasteiger partial charge in [0.1, 0.15) is 5.75 Å². The largest absolute Gasteiger partial charge is 0.573 e. The minimum Gasteiger partial charge on any atom is -0.406 e. The fraction of sp³-hybridized carbons (Fsp3) is 0.211. The van der Waals surface area contributed by atoms with E-state index in [-0.39, 0.29) is 23.1 Å². The van der Waals surface area contributed by atoms with Crippen molar-refractivity contribution >= 4 is 5.91 Å². The highest BCUT2D eigenvalue weighted by Gasteiger charge is 2.36. The monoisotopic (exact) mass is 389 g/mol. The van der Waals surface area contributed by atoms with Gasteiger partial charge in [-0.1, -0.05) is 35.5 Å². The number of benzene rings is 2. The Kier molecular flexibility index (Phi) is 4.50. The number of carbonyl (C=O) groups excluding carboxylic acids is 1. The number of hydrogen-bond acceptors (Lipinski definition) is 5. The third-order valence-electron chi connectivity index (χ3n) is 4.33. The zero-order chi connectivity index (χ0) is 19.7. The van der Waals surface area contributed by atoms with Crippen molar-refractivity contribution in [2.24, 2.45) is 0 Å². The molecule has 0 atom stereocenters. The van der Waals surface area contributed by atoms with Crippen LogP contribution in [0.2, 0.25) is 0 Å². The molecule has 0 saturated carbocycles. The van der Waals surface area contributed by atoms with Crippen molar-refractivity contribution in [3.8, 4) is 17.1 Å². The lowest BCUT2D eigenvalue weighted by Gasteiger charge is -2.37. The zero-order valence-electron chi connectivity index (χ0n) is 14.4. The molecule has 4 rings (SSSR count). The van der Waals surface area contributed by atoms with Crippen LogP contribution in [0.3, 0.4) is 0 Å². The SMILES string of the molecule is O=C(c1ccc(OC(F)(F)F)cc1)N1CC(c2nc(-c3ccccc3)no2)C1. The van der Waals surface area contributed by atoms with E-state index in [9.17, 15) is 18.0 Å². The van der Waals surface area contributed by atoms with Crippen LogP contribution in [-0.4, -0.2) is 40.4 Å². The molecular formula is C19H14F3N3O3. The summed E-state index contributed by atoms with van der Waals surface area (Å²) in [5.74, 6) is 0.224. The summed E-state index contributed by atoms with van der Waals surface area (Å²) in [6.45, 7) is 0.798. The number of ether oxygens (including phenoxy) is 1. The minimum atomic E-state index is -4.76. The van der Waals surface area contributed by atoms with Crippen molar-refractivity contribution in [3.63, 3.8) is 0 Å². The summed E-state index contributed by atoms with van der Waals surface area (Å²) in [7, 11) is 0. The number of carbonyl (C=O) groups is 1. The van der Waals surface area contributed by atoms with Crippen molar-refractivity contribution in [3.05, 3.63) is 66.1 Å². The molecule has 0 aliphatic carbocycles. The molecule has 1 saturated heterocycles. The Hall–Kier alpha value is -3.36. The molecule has 144 valence electrons. The molecule has 0 spiro atoms. The van der Waals surface area contributed by atoms with Crippen LogP contribution in [-0.2, 0) is 0 Å². The number of halogens is 3. The van der Waals surface area contributed by atoms with Gasteiger partial charge in [-0.15, -0.1) is 13.2 Å². The summed E-state index contributed by atoms with van der Waals surface area (Å²) in [4.78, 5) is 18.4. The average Bonchev–Trinajstić information content (AvgIpc) is 3.10. The minimum absolute atomic E-state index is 0.0678. The molecule has 28 heavy (non-hydrogen) atoms. The quantitative estimate of drug-likeness (QED) is 0.678. The van der Waals surface area contributed by atoms with Crippen molar-refractivity contribution in [2.75, 3.05) is 13.1 Å². The Morgan fingerprint density at radius 1 is 1.07 bits per heavy atom. The van der Waals surface area contributed by atoms with Crippen molar-refractivity contribution in [1.82, 2.24) is 15.0 Å². The second kappa shape index (κ2) is 6.99. The van der Waals surface area contributed by atoms with Gasteiger partial charge in [0.15, 0.2) is 0 Å². The highest BCUT2D eigenvalue weighted by Crippen LogP contribution is 2.29. The molecule has 0 bridgehead atoms. The van der Waals surface area contributed by atoms with Crippen LogP contribution < -0.4 is 4.74 Å². The predicted octanol–water partition coefficient (Wildman–Crippen LogP) is 3.87. The van der Waals surface area contributed by atoms with Crippen LogP contribution >= 0.6 is 0 Å². The van der Waals surface area contributed by atoms with Crippen molar-refractivity contribution in [2.45, 2.75) is 12.3 Å². The van der Waals surface area contributed by atoms with Gasteiger partial charge in [-0.3, -0.25) is 4.79 Å². The van der Waals surface area contributed by atoms with Crippen LogP contribution in [0.4, 0.5) is 13.2 Å². The molecule has 1 amide bonds. The van der Waals surface area contributed by atoms with E-state index in [2.05, 4.69) is 14.9 Å². The normalized spacial score (nSPS) is 14.6. The van der Waals surface area contributed by atoms with Gasteiger partial charge in [-0.2, -0.15) is 4.98 Å². The van der Waals surface area contributed by atoms with E-state index >= 15 is 0 Å². The highest BCUT2D eigenvalue weighted by atomic mass is 19.4. The maximum absolute atomic E-state index is 12.4. The van der Waals surface area contributed by atoms with Gasteiger partial charge < -0.3 is 14.2 Å². The number of rotatable bonds is 4. The fourth-order valence-corrected chi connectivity index (χ4v) is 2.89. The van der Waals surface area contributed by atoms with Crippen molar-refractivity contribution < 1.29 is 27.2 Å². The topological polar surface area (TPSA) is 68.5 Å². The molecule has 6 nitrogen and oxygen atoms in total. The number of aromatic nitrogens is 2. The predicted molar refractivity (Wildman–Crippen MR) is 91.5 cm³/mol. The molecule has 1 fully saturated rings. The van der Waals surface area contributed by atoms with Gasteiger partial charge in [0.25, 0.3) is 5.91 Å². The molecule has 2 aromatic carbocycles. The van der Waals surface area contributed by atoms with E-state index in [4.69, 9.17) is 4.52 Å². The average molecular weight is 389 g/mol. The van der Waals surface area contributed by atoms with E-state index in [1.54, 1.807) is 4.90 Å². The Labute approximate surface area is 157 Å². The fourth-order valence-electron chi connectivity index (χ4n) is 2.89. The summed E-state index contributed by atoms with van der Waals surface area (Å²) in [5.41, 5.74) is 1.12. The molecule has 0 N–H and O–H groups in total. The van der Waals surface area contributed by atoms with Crippen LogP contribution in [0.5, 0.6) is 5.75 Å². The molecular weight excluding hydrogens is 375 g/mol. The Balaban J connectivity index is 1.36. The van der Waals surface area contributed by atoms with E-state index in [0.717, 1.165) is 17.7 Å². The first kappa shape index (κ1) is 18.0. The first-order valence-electron chi connectivity index (χ1n) is 8.43. The second-order valence-electron chi connectivity index (χ2n) is 6.30. The lowest BCUT2D eigenvalue weighted by molar-refractivity contribution is -0.274. The summed E-state index contributed by atoms with van der Waals surface area (Å²) in [6, 6.07) is 14.2. The van der Waals surface area contributed by atoms with Gasteiger partial charge in [0.2, 0.25) is 11.7 Å². The molecule has 2 heterocycles. The van der Waals surface area contributed by atoms with E-state index in [1.165, 1.54) is 12.1 Å². The second-order valence-corrected chi connectivity index (χ2v) is 6.30. The maximum Gasteiger partial charge on any atom is 0.573 e. The van der Waals surface area contributed by atoms with Crippen LogP contribution in [0.15, 0.2) is 59.1 Å². The van der Waals surface area contributed by atoms with Crippen molar-refractivity contribution in [1.29, 1.82) is 0 Å². The zero-order valence-corrected chi connectivity index (χ0v) is 14.4. The molecule has 1 aliphatic rings. The maximum atomic E-state index is 12.4. The van der Waals surface area contributed by atoms with Gasteiger partial charge in [-0.05, 0) is 24.3 Å². The summed E-state index contributed by atoms with van der Waals surface area (Å²) in [5, 5.41) is 3.96. The van der Waals surface area contributed by atoms with E-state index < -0.39 is 6.36 Å². The number of hydrogen-bond donors (Lipinski definition) is 0. The van der Waals surface area contributed by atoms with Gasteiger partial charge in [-0.25, -0.2) is 0 Å². The smallest absolute Gasteiger partial charge is 0.406 e. The molecule has 9 heteroatoms. The number of amides is 1. The van der Waals surface area contributed by atoms with Crippen LogP contribution in [0.25, 0.3) is 11.4 Å². The lowest BCUT2D eigenvalue weighted by atomic mass is 9.98. The summed E-state index contributed by atoms with van der Waals surface area (Å²) in [6.07, 6.45) is -4.76. The molecule has 1 aliphatic heterocycles. The van der Waals surface area contributed by atoms with E-state index in [1.807, 2.05) is 30.3 Å².